The Hall–Kier alpha value is -1.34. The van der Waals surface area contributed by atoms with Crippen LogP contribution in [0, 0.1) is 5.41 Å². The van der Waals surface area contributed by atoms with Gasteiger partial charge in [0, 0.05) is 13.1 Å². The minimum absolute atomic E-state index is 0.218. The summed E-state index contributed by atoms with van der Waals surface area (Å²) in [6.07, 6.45) is 1.84. The van der Waals surface area contributed by atoms with Gasteiger partial charge in [0.2, 0.25) is 0 Å². The lowest BCUT2D eigenvalue weighted by Gasteiger charge is -2.40. The van der Waals surface area contributed by atoms with Gasteiger partial charge in [-0.05, 0) is 46.5 Å². The van der Waals surface area contributed by atoms with Crippen LogP contribution in [0.5, 0.6) is 0 Å². The molecule has 2 fully saturated rings. The molecule has 2 aliphatic rings. The molecule has 0 aliphatic carbocycles. The molecule has 24 heavy (non-hydrogen) atoms. The molecule has 1 amide bonds. The molecule has 2 rings (SSSR count). The van der Waals surface area contributed by atoms with Crippen molar-refractivity contribution in [2.75, 3.05) is 33.4 Å². The van der Waals surface area contributed by atoms with Crippen LogP contribution in [-0.4, -0.2) is 62.3 Å². The van der Waals surface area contributed by atoms with E-state index in [1.807, 2.05) is 20.8 Å². The quantitative estimate of drug-likeness (QED) is 0.730. The maximum Gasteiger partial charge on any atom is 0.410 e. The number of hydrogen-bond acceptors (Lipinski definition) is 6. The second-order valence-electron chi connectivity index (χ2n) is 7.45. The molecule has 0 bridgehead atoms. The number of rotatable bonds is 4. The lowest BCUT2D eigenvalue weighted by atomic mass is 9.74. The highest BCUT2D eigenvalue weighted by Crippen LogP contribution is 2.38. The van der Waals surface area contributed by atoms with E-state index in [4.69, 9.17) is 18.9 Å². The second-order valence-corrected chi connectivity index (χ2v) is 7.45. The zero-order valence-electron chi connectivity index (χ0n) is 15.1. The Labute approximate surface area is 143 Å². The van der Waals surface area contributed by atoms with Gasteiger partial charge in [-0.2, -0.15) is 0 Å². The molecule has 0 atom stereocenters. The SMILES string of the molecule is COC(=O)C1(CCC2OCCO2)CCN(C(=O)OC(C)(C)C)CC1. The number of ether oxygens (including phenoxy) is 4. The first-order valence-corrected chi connectivity index (χ1v) is 8.55. The molecule has 138 valence electrons. The highest BCUT2D eigenvalue weighted by Gasteiger charge is 2.44. The number of amides is 1. The monoisotopic (exact) mass is 343 g/mol. The first-order valence-electron chi connectivity index (χ1n) is 8.55. The van der Waals surface area contributed by atoms with Gasteiger partial charge in [-0.25, -0.2) is 4.79 Å². The number of likely N-dealkylation sites (tertiary alicyclic amines) is 1. The van der Waals surface area contributed by atoms with Gasteiger partial charge in [-0.15, -0.1) is 0 Å². The van der Waals surface area contributed by atoms with E-state index in [0.717, 1.165) is 0 Å². The molecule has 0 spiro atoms. The number of carbonyl (C=O) groups is 2. The van der Waals surface area contributed by atoms with Crippen LogP contribution in [0.15, 0.2) is 0 Å². The molecule has 0 radical (unpaired) electrons. The Bertz CT molecular complexity index is 444. The maximum absolute atomic E-state index is 12.4. The third-order valence-electron chi connectivity index (χ3n) is 4.54. The fraction of sp³-hybridized carbons (Fsp3) is 0.882. The van der Waals surface area contributed by atoms with Crippen molar-refractivity contribution in [3.05, 3.63) is 0 Å². The molecular weight excluding hydrogens is 314 g/mol. The molecule has 2 heterocycles. The highest BCUT2D eigenvalue weighted by atomic mass is 16.7. The van der Waals surface area contributed by atoms with Crippen LogP contribution in [0.1, 0.15) is 46.5 Å². The van der Waals surface area contributed by atoms with E-state index in [2.05, 4.69) is 0 Å². The molecule has 0 unspecified atom stereocenters. The number of carbonyl (C=O) groups excluding carboxylic acids is 2. The van der Waals surface area contributed by atoms with Crippen molar-refractivity contribution in [2.24, 2.45) is 5.41 Å². The lowest BCUT2D eigenvalue weighted by molar-refractivity contribution is -0.158. The summed E-state index contributed by atoms with van der Waals surface area (Å²) in [5.74, 6) is -0.218. The van der Waals surface area contributed by atoms with E-state index in [9.17, 15) is 9.59 Å². The molecule has 2 aliphatic heterocycles. The van der Waals surface area contributed by atoms with Crippen molar-refractivity contribution < 1.29 is 28.5 Å². The van der Waals surface area contributed by atoms with Gasteiger partial charge in [-0.1, -0.05) is 0 Å². The first-order chi connectivity index (χ1) is 11.3. The fourth-order valence-electron chi connectivity index (χ4n) is 3.18. The summed E-state index contributed by atoms with van der Waals surface area (Å²) in [5, 5.41) is 0. The third-order valence-corrected chi connectivity index (χ3v) is 4.54. The van der Waals surface area contributed by atoms with Gasteiger partial charge in [-0.3, -0.25) is 4.79 Å². The summed E-state index contributed by atoms with van der Waals surface area (Å²) >= 11 is 0. The van der Waals surface area contributed by atoms with E-state index in [1.165, 1.54) is 7.11 Å². The summed E-state index contributed by atoms with van der Waals surface area (Å²) in [6.45, 7) is 7.69. The zero-order valence-corrected chi connectivity index (χ0v) is 15.1. The van der Waals surface area contributed by atoms with E-state index in [0.29, 0.717) is 52.0 Å². The van der Waals surface area contributed by atoms with Gasteiger partial charge < -0.3 is 23.8 Å². The van der Waals surface area contributed by atoms with Crippen LogP contribution < -0.4 is 0 Å². The van der Waals surface area contributed by atoms with E-state index < -0.39 is 11.0 Å². The first kappa shape index (κ1) is 19.0. The minimum atomic E-state index is -0.581. The van der Waals surface area contributed by atoms with Crippen LogP contribution in [0.4, 0.5) is 4.79 Å². The van der Waals surface area contributed by atoms with Gasteiger partial charge in [0.15, 0.2) is 6.29 Å². The van der Waals surface area contributed by atoms with Crippen LogP contribution in [0.3, 0.4) is 0 Å². The summed E-state index contributed by atoms with van der Waals surface area (Å²) in [5.41, 5.74) is -1.10. The average molecular weight is 343 g/mol. The number of nitrogens with zero attached hydrogens (tertiary/aromatic N) is 1. The van der Waals surface area contributed by atoms with Gasteiger partial charge in [0.25, 0.3) is 0 Å². The summed E-state index contributed by atoms with van der Waals surface area (Å²) in [6, 6.07) is 0. The Morgan fingerprint density at radius 1 is 1.17 bits per heavy atom. The van der Waals surface area contributed by atoms with Crippen LogP contribution >= 0.6 is 0 Å². The standard InChI is InChI=1S/C17H29NO6/c1-16(2,3)24-15(20)18-9-7-17(8-10-18,14(19)21-4)6-5-13-22-11-12-23-13/h13H,5-12H2,1-4H3. The summed E-state index contributed by atoms with van der Waals surface area (Å²) in [4.78, 5) is 26.2. The minimum Gasteiger partial charge on any atom is -0.469 e. The third kappa shape index (κ3) is 4.83. The maximum atomic E-state index is 12.4. The van der Waals surface area contributed by atoms with Crippen LogP contribution in [0.2, 0.25) is 0 Å². The lowest BCUT2D eigenvalue weighted by Crippen LogP contribution is -2.48. The van der Waals surface area contributed by atoms with Crippen molar-refractivity contribution in [2.45, 2.75) is 58.3 Å². The summed E-state index contributed by atoms with van der Waals surface area (Å²) in [7, 11) is 1.41. The van der Waals surface area contributed by atoms with Crippen molar-refractivity contribution in [1.82, 2.24) is 4.90 Å². The van der Waals surface area contributed by atoms with E-state index >= 15 is 0 Å². The van der Waals surface area contributed by atoms with Crippen LogP contribution in [0.25, 0.3) is 0 Å². The number of piperidine rings is 1. The van der Waals surface area contributed by atoms with Crippen molar-refractivity contribution in [3.8, 4) is 0 Å². The van der Waals surface area contributed by atoms with Crippen molar-refractivity contribution in [3.63, 3.8) is 0 Å². The van der Waals surface area contributed by atoms with E-state index in [1.54, 1.807) is 4.90 Å². The molecule has 7 nitrogen and oxygen atoms in total. The number of esters is 1. The zero-order chi connectivity index (χ0) is 17.8. The molecule has 7 heteroatoms. The molecule has 0 N–H and O–H groups in total. The topological polar surface area (TPSA) is 74.3 Å². The van der Waals surface area contributed by atoms with Crippen molar-refractivity contribution >= 4 is 12.1 Å². The molecule has 0 saturated carbocycles. The smallest absolute Gasteiger partial charge is 0.410 e. The number of hydrogen-bond donors (Lipinski definition) is 0. The predicted molar refractivity (Wildman–Crippen MR) is 86.4 cm³/mol. The molecule has 0 aromatic rings. The van der Waals surface area contributed by atoms with Gasteiger partial charge in [0.1, 0.15) is 5.60 Å². The van der Waals surface area contributed by atoms with Crippen molar-refractivity contribution in [1.29, 1.82) is 0 Å². The van der Waals surface area contributed by atoms with E-state index in [-0.39, 0.29) is 18.4 Å². The van der Waals surface area contributed by atoms with Gasteiger partial charge >= 0.3 is 12.1 Å². The largest absolute Gasteiger partial charge is 0.469 e. The Balaban J connectivity index is 1.93. The Kier molecular flexibility index (Phi) is 6.09. The highest BCUT2D eigenvalue weighted by molar-refractivity contribution is 5.77. The predicted octanol–water partition coefficient (Wildman–Crippen LogP) is 2.33. The summed E-state index contributed by atoms with van der Waals surface area (Å²) < 4.78 is 21.3. The Morgan fingerprint density at radius 3 is 2.25 bits per heavy atom. The van der Waals surface area contributed by atoms with Crippen LogP contribution in [-0.2, 0) is 23.7 Å². The molecule has 0 aromatic heterocycles. The normalized spacial score (nSPS) is 21.6. The fourth-order valence-corrected chi connectivity index (χ4v) is 3.18. The Morgan fingerprint density at radius 2 is 1.75 bits per heavy atom. The van der Waals surface area contributed by atoms with Gasteiger partial charge in [0.05, 0.1) is 25.7 Å². The number of methoxy groups -OCH3 is 1. The second kappa shape index (κ2) is 7.70. The molecule has 2 saturated heterocycles. The molecular formula is C17H29NO6. The average Bonchev–Trinajstić information content (AvgIpc) is 3.04. The molecule has 0 aromatic carbocycles.